The van der Waals surface area contributed by atoms with Gasteiger partial charge in [-0.1, -0.05) is 13.0 Å². The fourth-order valence-corrected chi connectivity index (χ4v) is 1.03. The molecule has 1 unspecified atom stereocenters. The van der Waals surface area contributed by atoms with E-state index in [0.717, 1.165) is 0 Å². The van der Waals surface area contributed by atoms with Crippen molar-refractivity contribution >= 4 is 5.90 Å². The van der Waals surface area contributed by atoms with Gasteiger partial charge >= 0.3 is 0 Å². The number of aliphatic hydroxyl groups is 1. The lowest BCUT2D eigenvalue weighted by Crippen LogP contribution is -2.17. The van der Waals surface area contributed by atoms with Crippen LogP contribution in [-0.2, 0) is 4.74 Å². The van der Waals surface area contributed by atoms with Crippen LogP contribution in [0.25, 0.3) is 0 Å². The van der Waals surface area contributed by atoms with Gasteiger partial charge in [0.25, 0.3) is 0 Å². The molecule has 0 aromatic rings. The minimum atomic E-state index is -0.394. The highest BCUT2D eigenvalue weighted by atomic mass is 16.5. The number of rotatable bonds is 3. The van der Waals surface area contributed by atoms with E-state index in [1.54, 1.807) is 12.2 Å². The van der Waals surface area contributed by atoms with E-state index in [-0.39, 0.29) is 5.54 Å². The summed E-state index contributed by atoms with van der Waals surface area (Å²) >= 11 is 0. The Morgan fingerprint density at radius 2 is 2.38 bits per heavy atom. The van der Waals surface area contributed by atoms with Crippen molar-refractivity contribution in [1.29, 1.82) is 0 Å². The first-order valence-electron chi connectivity index (χ1n) is 4.62. The zero-order valence-electron chi connectivity index (χ0n) is 8.45. The van der Waals surface area contributed by atoms with Crippen molar-refractivity contribution < 1.29 is 9.84 Å². The Morgan fingerprint density at radius 3 is 2.85 bits per heavy atom. The van der Waals surface area contributed by atoms with Crippen LogP contribution < -0.4 is 0 Å². The molecule has 1 aliphatic rings. The second-order valence-corrected chi connectivity index (χ2v) is 3.89. The number of ether oxygens (including phenoxy) is 1. The summed E-state index contributed by atoms with van der Waals surface area (Å²) in [6.45, 7) is 6.58. The van der Waals surface area contributed by atoms with Gasteiger partial charge in [0.1, 0.15) is 6.61 Å². The molecule has 13 heavy (non-hydrogen) atoms. The molecule has 0 fully saturated rings. The Kier molecular flexibility index (Phi) is 3.09. The quantitative estimate of drug-likeness (QED) is 0.720. The molecule has 0 spiro atoms. The van der Waals surface area contributed by atoms with Crippen molar-refractivity contribution in [3.63, 3.8) is 0 Å². The highest BCUT2D eigenvalue weighted by molar-refractivity contribution is 5.89. The molecular weight excluding hydrogens is 166 g/mol. The Hall–Kier alpha value is -0.830. The minimum Gasteiger partial charge on any atom is -0.475 e. The van der Waals surface area contributed by atoms with Crippen LogP contribution in [0.3, 0.4) is 0 Å². The molecule has 0 aliphatic carbocycles. The van der Waals surface area contributed by atoms with E-state index in [2.05, 4.69) is 4.99 Å². The molecule has 1 atom stereocenters. The second-order valence-electron chi connectivity index (χ2n) is 3.89. The third kappa shape index (κ3) is 3.19. The van der Waals surface area contributed by atoms with E-state index in [4.69, 9.17) is 4.74 Å². The SMILES string of the molecule is CCC(O)/C=C/C1=NC(C)(C)CO1. The van der Waals surface area contributed by atoms with Crippen molar-refractivity contribution in [2.75, 3.05) is 6.61 Å². The van der Waals surface area contributed by atoms with Gasteiger partial charge in [0, 0.05) is 0 Å². The van der Waals surface area contributed by atoms with Crippen molar-refractivity contribution in [2.45, 2.75) is 38.8 Å². The van der Waals surface area contributed by atoms with Crippen LogP contribution in [0.1, 0.15) is 27.2 Å². The van der Waals surface area contributed by atoms with Crippen molar-refractivity contribution in [3.05, 3.63) is 12.2 Å². The monoisotopic (exact) mass is 183 g/mol. The van der Waals surface area contributed by atoms with Crippen LogP contribution in [0.4, 0.5) is 0 Å². The molecule has 0 amide bonds. The average molecular weight is 183 g/mol. The summed E-state index contributed by atoms with van der Waals surface area (Å²) in [5.74, 6) is 0.623. The molecule has 74 valence electrons. The van der Waals surface area contributed by atoms with Crippen molar-refractivity contribution in [2.24, 2.45) is 4.99 Å². The van der Waals surface area contributed by atoms with E-state index in [1.165, 1.54) is 0 Å². The van der Waals surface area contributed by atoms with Crippen LogP contribution in [0, 0.1) is 0 Å². The third-order valence-electron chi connectivity index (χ3n) is 1.87. The summed E-state index contributed by atoms with van der Waals surface area (Å²) in [7, 11) is 0. The van der Waals surface area contributed by atoms with Gasteiger partial charge < -0.3 is 9.84 Å². The highest BCUT2D eigenvalue weighted by Crippen LogP contribution is 2.17. The molecule has 0 aromatic carbocycles. The predicted octanol–water partition coefficient (Wildman–Crippen LogP) is 1.52. The van der Waals surface area contributed by atoms with Crippen LogP contribution in [-0.4, -0.2) is 29.3 Å². The Morgan fingerprint density at radius 1 is 1.69 bits per heavy atom. The topological polar surface area (TPSA) is 41.8 Å². The average Bonchev–Trinajstić information content (AvgIpc) is 2.41. The summed E-state index contributed by atoms with van der Waals surface area (Å²) in [6, 6.07) is 0. The largest absolute Gasteiger partial charge is 0.475 e. The maximum atomic E-state index is 9.25. The molecule has 0 saturated heterocycles. The lowest BCUT2D eigenvalue weighted by atomic mass is 10.1. The fourth-order valence-electron chi connectivity index (χ4n) is 1.03. The maximum absolute atomic E-state index is 9.25. The minimum absolute atomic E-state index is 0.114. The molecule has 3 heteroatoms. The van der Waals surface area contributed by atoms with Crippen LogP contribution >= 0.6 is 0 Å². The standard InChI is InChI=1S/C10H17NO2/c1-4-8(12)5-6-9-11-10(2,3)7-13-9/h5-6,8,12H,4,7H2,1-3H3/b6-5+. The Balaban J connectivity index is 2.52. The predicted molar refractivity (Wildman–Crippen MR) is 52.9 cm³/mol. The number of aliphatic hydroxyl groups excluding tert-OH is 1. The maximum Gasteiger partial charge on any atom is 0.209 e. The van der Waals surface area contributed by atoms with Crippen molar-refractivity contribution in [3.8, 4) is 0 Å². The Bertz CT molecular complexity index is 231. The number of hydrogen-bond donors (Lipinski definition) is 1. The molecule has 1 heterocycles. The van der Waals surface area contributed by atoms with Gasteiger partial charge in [-0.05, 0) is 26.3 Å². The first kappa shape index (κ1) is 10.3. The van der Waals surface area contributed by atoms with E-state index in [1.807, 2.05) is 20.8 Å². The summed E-state index contributed by atoms with van der Waals surface area (Å²) in [4.78, 5) is 4.32. The first-order chi connectivity index (χ1) is 6.03. The molecule has 0 aromatic heterocycles. The van der Waals surface area contributed by atoms with Crippen LogP contribution in [0.15, 0.2) is 17.1 Å². The normalized spacial score (nSPS) is 22.9. The van der Waals surface area contributed by atoms with E-state index in [9.17, 15) is 5.11 Å². The third-order valence-corrected chi connectivity index (χ3v) is 1.87. The Labute approximate surface area is 79.1 Å². The van der Waals surface area contributed by atoms with Crippen LogP contribution in [0.2, 0.25) is 0 Å². The summed E-state index contributed by atoms with van der Waals surface area (Å²) in [5.41, 5.74) is -0.114. The molecule has 1 aliphatic heterocycles. The van der Waals surface area contributed by atoms with Gasteiger partial charge in [0.2, 0.25) is 5.90 Å². The van der Waals surface area contributed by atoms with Gasteiger partial charge in [-0.25, -0.2) is 4.99 Å². The second kappa shape index (κ2) is 3.92. The lowest BCUT2D eigenvalue weighted by Gasteiger charge is -2.07. The fraction of sp³-hybridized carbons (Fsp3) is 0.700. The molecule has 0 saturated carbocycles. The molecule has 1 rings (SSSR count). The van der Waals surface area contributed by atoms with E-state index in [0.29, 0.717) is 18.9 Å². The van der Waals surface area contributed by atoms with Gasteiger partial charge in [-0.3, -0.25) is 0 Å². The summed E-state index contributed by atoms with van der Waals surface area (Å²) in [6.07, 6.45) is 3.77. The van der Waals surface area contributed by atoms with Gasteiger partial charge in [0.15, 0.2) is 0 Å². The van der Waals surface area contributed by atoms with Gasteiger partial charge in [-0.2, -0.15) is 0 Å². The molecular formula is C10H17NO2. The smallest absolute Gasteiger partial charge is 0.209 e. The molecule has 0 bridgehead atoms. The number of hydrogen-bond acceptors (Lipinski definition) is 3. The van der Waals surface area contributed by atoms with E-state index >= 15 is 0 Å². The molecule has 0 radical (unpaired) electrons. The van der Waals surface area contributed by atoms with Crippen LogP contribution in [0.5, 0.6) is 0 Å². The van der Waals surface area contributed by atoms with Crippen molar-refractivity contribution in [1.82, 2.24) is 0 Å². The summed E-state index contributed by atoms with van der Waals surface area (Å²) < 4.78 is 5.32. The number of aliphatic imine (C=N–C) groups is 1. The first-order valence-corrected chi connectivity index (χ1v) is 4.62. The van der Waals surface area contributed by atoms with Gasteiger partial charge in [-0.15, -0.1) is 0 Å². The molecule has 1 N–H and O–H groups in total. The lowest BCUT2D eigenvalue weighted by molar-refractivity contribution is 0.219. The zero-order valence-corrected chi connectivity index (χ0v) is 8.45. The highest BCUT2D eigenvalue weighted by Gasteiger charge is 2.24. The van der Waals surface area contributed by atoms with Gasteiger partial charge in [0.05, 0.1) is 11.6 Å². The van der Waals surface area contributed by atoms with E-state index < -0.39 is 6.10 Å². The number of nitrogens with zero attached hydrogens (tertiary/aromatic N) is 1. The zero-order chi connectivity index (χ0) is 9.90. The molecule has 3 nitrogen and oxygen atoms in total. The summed E-state index contributed by atoms with van der Waals surface area (Å²) in [5, 5.41) is 9.25.